The van der Waals surface area contributed by atoms with E-state index >= 15 is 0 Å². The van der Waals surface area contributed by atoms with Gasteiger partial charge in [-0.15, -0.1) is 0 Å². The number of aryl methyl sites for hydroxylation is 1. The van der Waals surface area contributed by atoms with Crippen LogP contribution < -0.4 is 5.73 Å². The van der Waals surface area contributed by atoms with Crippen molar-refractivity contribution >= 4 is 11.5 Å². The minimum absolute atomic E-state index is 0.00812. The van der Waals surface area contributed by atoms with Crippen molar-refractivity contribution in [2.75, 3.05) is 0 Å². The number of hydrogen-bond donors (Lipinski definition) is 1. The lowest BCUT2D eigenvalue weighted by Gasteiger charge is -2.05. The molecule has 0 amide bonds. The molecule has 1 rings (SSSR count). The van der Waals surface area contributed by atoms with Crippen LogP contribution in [0.2, 0.25) is 0 Å². The second-order valence-electron chi connectivity index (χ2n) is 3.74. The summed E-state index contributed by atoms with van der Waals surface area (Å²) in [5, 5.41) is 0. The maximum Gasteiger partial charge on any atom is 0.149 e. The monoisotopic (exact) mass is 212 g/mol. The van der Waals surface area contributed by atoms with E-state index in [2.05, 4.69) is 4.99 Å². The van der Waals surface area contributed by atoms with Gasteiger partial charge in [0.05, 0.1) is 0 Å². The fourth-order valence-electron chi connectivity index (χ4n) is 0.990. The number of halogens is 2. The molecule has 1 aromatic carbocycles. The third-order valence-electron chi connectivity index (χ3n) is 2.07. The Kier molecular flexibility index (Phi) is 3.39. The van der Waals surface area contributed by atoms with E-state index in [1.54, 1.807) is 0 Å². The molecule has 0 saturated carbocycles. The third kappa shape index (κ3) is 2.75. The topological polar surface area (TPSA) is 38.4 Å². The van der Waals surface area contributed by atoms with Gasteiger partial charge in [-0.3, -0.25) is 0 Å². The Balaban J connectivity index is 3.16. The summed E-state index contributed by atoms with van der Waals surface area (Å²) in [6, 6.07) is 2.17. The highest BCUT2D eigenvalue weighted by Crippen LogP contribution is 2.22. The highest BCUT2D eigenvalue weighted by Gasteiger charge is 2.08. The van der Waals surface area contributed by atoms with E-state index in [4.69, 9.17) is 5.73 Å². The summed E-state index contributed by atoms with van der Waals surface area (Å²) in [6.45, 7) is 5.17. The van der Waals surface area contributed by atoms with Gasteiger partial charge in [0.25, 0.3) is 0 Å². The number of rotatable bonds is 2. The molecule has 0 atom stereocenters. The molecule has 82 valence electrons. The van der Waals surface area contributed by atoms with Gasteiger partial charge in [-0.2, -0.15) is 0 Å². The molecule has 2 nitrogen and oxygen atoms in total. The van der Waals surface area contributed by atoms with E-state index < -0.39 is 11.6 Å². The maximum absolute atomic E-state index is 13.3. The molecule has 0 aliphatic heterocycles. The summed E-state index contributed by atoms with van der Waals surface area (Å²) >= 11 is 0. The molecule has 0 spiro atoms. The van der Waals surface area contributed by atoms with Crippen molar-refractivity contribution in [1.82, 2.24) is 0 Å². The number of aliphatic imine (C=N–C) groups is 1. The van der Waals surface area contributed by atoms with E-state index in [0.717, 1.165) is 12.1 Å². The summed E-state index contributed by atoms with van der Waals surface area (Å²) in [5.41, 5.74) is 5.77. The van der Waals surface area contributed by atoms with E-state index in [-0.39, 0.29) is 23.0 Å². The highest BCUT2D eigenvalue weighted by atomic mass is 19.1. The summed E-state index contributed by atoms with van der Waals surface area (Å²) in [5.74, 6) is -0.741. The van der Waals surface area contributed by atoms with Crippen LogP contribution in [-0.2, 0) is 0 Å². The van der Waals surface area contributed by atoms with Crippen molar-refractivity contribution in [3.63, 3.8) is 0 Å². The van der Waals surface area contributed by atoms with Gasteiger partial charge in [0.1, 0.15) is 23.2 Å². The quantitative estimate of drug-likeness (QED) is 0.594. The van der Waals surface area contributed by atoms with Crippen LogP contribution in [0, 0.1) is 24.5 Å². The van der Waals surface area contributed by atoms with Crippen molar-refractivity contribution in [3.8, 4) is 0 Å². The first-order chi connectivity index (χ1) is 6.91. The zero-order valence-electron chi connectivity index (χ0n) is 9.01. The molecule has 0 aliphatic carbocycles. The SMILES string of the molecule is Cc1cc(F)c(N=C(N)C(C)C)cc1F. The van der Waals surface area contributed by atoms with Gasteiger partial charge in [-0.05, 0) is 18.6 Å². The van der Waals surface area contributed by atoms with Crippen LogP contribution in [-0.4, -0.2) is 5.84 Å². The maximum atomic E-state index is 13.3. The second kappa shape index (κ2) is 4.38. The van der Waals surface area contributed by atoms with Crippen LogP contribution in [0.25, 0.3) is 0 Å². The number of nitrogens with zero attached hydrogens (tertiary/aromatic N) is 1. The first-order valence-corrected chi connectivity index (χ1v) is 4.71. The second-order valence-corrected chi connectivity index (χ2v) is 3.74. The molecule has 0 aliphatic rings. The Morgan fingerprint density at radius 2 is 1.87 bits per heavy atom. The molecule has 4 heteroatoms. The summed E-state index contributed by atoms with van der Waals surface area (Å²) in [6.07, 6.45) is 0. The van der Waals surface area contributed by atoms with Gasteiger partial charge in [-0.25, -0.2) is 13.8 Å². The Bertz CT molecular complexity index is 398. The first-order valence-electron chi connectivity index (χ1n) is 4.71. The van der Waals surface area contributed by atoms with E-state index in [9.17, 15) is 8.78 Å². The third-order valence-corrected chi connectivity index (χ3v) is 2.07. The van der Waals surface area contributed by atoms with Crippen LogP contribution in [0.4, 0.5) is 14.5 Å². The number of amidine groups is 1. The lowest BCUT2D eigenvalue weighted by Crippen LogP contribution is -2.18. The summed E-state index contributed by atoms with van der Waals surface area (Å²) < 4.78 is 26.5. The van der Waals surface area contributed by atoms with E-state index in [0.29, 0.717) is 0 Å². The average Bonchev–Trinajstić information content (AvgIpc) is 2.13. The van der Waals surface area contributed by atoms with Crippen LogP contribution in [0.5, 0.6) is 0 Å². The highest BCUT2D eigenvalue weighted by molar-refractivity contribution is 5.84. The van der Waals surface area contributed by atoms with Gasteiger partial charge in [0, 0.05) is 12.0 Å². The largest absolute Gasteiger partial charge is 0.387 e. The normalized spacial score (nSPS) is 12.3. The molecule has 0 saturated heterocycles. The average molecular weight is 212 g/mol. The molecular weight excluding hydrogens is 198 g/mol. The number of hydrogen-bond acceptors (Lipinski definition) is 1. The molecule has 2 N–H and O–H groups in total. The smallest absolute Gasteiger partial charge is 0.149 e. The van der Waals surface area contributed by atoms with Gasteiger partial charge in [-0.1, -0.05) is 13.8 Å². The van der Waals surface area contributed by atoms with Crippen LogP contribution >= 0.6 is 0 Å². The predicted molar refractivity (Wildman–Crippen MR) is 57.2 cm³/mol. The molecule has 0 radical (unpaired) electrons. The molecule has 0 fully saturated rings. The summed E-state index contributed by atoms with van der Waals surface area (Å²) in [4.78, 5) is 3.84. The van der Waals surface area contributed by atoms with E-state index in [1.807, 2.05) is 13.8 Å². The molecule has 0 aromatic heterocycles. The Labute approximate surface area is 87.8 Å². The summed E-state index contributed by atoms with van der Waals surface area (Å²) in [7, 11) is 0. The number of benzene rings is 1. The van der Waals surface area contributed by atoms with E-state index in [1.165, 1.54) is 6.92 Å². The zero-order valence-corrected chi connectivity index (χ0v) is 9.01. The zero-order chi connectivity index (χ0) is 11.6. The predicted octanol–water partition coefficient (Wildman–Crippen LogP) is 2.92. The molecule has 0 unspecified atom stereocenters. The van der Waals surface area contributed by atoms with Gasteiger partial charge >= 0.3 is 0 Å². The van der Waals surface area contributed by atoms with Crippen LogP contribution in [0.1, 0.15) is 19.4 Å². The van der Waals surface area contributed by atoms with Gasteiger partial charge < -0.3 is 5.73 Å². The van der Waals surface area contributed by atoms with Gasteiger partial charge in [0.15, 0.2) is 0 Å². The fraction of sp³-hybridized carbons (Fsp3) is 0.364. The fourth-order valence-corrected chi connectivity index (χ4v) is 0.990. The first kappa shape index (κ1) is 11.6. The molecular formula is C11H14F2N2. The lowest BCUT2D eigenvalue weighted by molar-refractivity contribution is 0.594. The molecule has 0 heterocycles. The Morgan fingerprint density at radius 1 is 1.27 bits per heavy atom. The minimum atomic E-state index is -0.558. The van der Waals surface area contributed by atoms with Crippen molar-refractivity contribution < 1.29 is 8.78 Å². The van der Waals surface area contributed by atoms with Gasteiger partial charge in [0.2, 0.25) is 0 Å². The lowest BCUT2D eigenvalue weighted by atomic mass is 10.2. The van der Waals surface area contributed by atoms with Crippen molar-refractivity contribution in [2.24, 2.45) is 16.6 Å². The number of nitrogens with two attached hydrogens (primary N) is 1. The molecule has 0 bridgehead atoms. The van der Waals surface area contributed by atoms with Crippen LogP contribution in [0.15, 0.2) is 17.1 Å². The standard InChI is InChI=1S/C11H14F2N2/c1-6(2)11(14)15-10-5-8(12)7(3)4-9(10)13/h4-6H,1-3H3,(H2,14,15). The minimum Gasteiger partial charge on any atom is -0.387 e. The Hall–Kier alpha value is -1.45. The molecule has 1 aromatic rings. The van der Waals surface area contributed by atoms with Crippen molar-refractivity contribution in [2.45, 2.75) is 20.8 Å². The van der Waals surface area contributed by atoms with Crippen LogP contribution in [0.3, 0.4) is 0 Å². The van der Waals surface area contributed by atoms with Crippen molar-refractivity contribution in [1.29, 1.82) is 0 Å². The van der Waals surface area contributed by atoms with Crippen molar-refractivity contribution in [3.05, 3.63) is 29.3 Å². The Morgan fingerprint density at radius 3 is 2.40 bits per heavy atom. The molecule has 15 heavy (non-hydrogen) atoms.